The van der Waals surface area contributed by atoms with Gasteiger partial charge in [-0.25, -0.2) is 0 Å². The van der Waals surface area contributed by atoms with Crippen molar-refractivity contribution in [1.82, 2.24) is 0 Å². The van der Waals surface area contributed by atoms with E-state index in [9.17, 15) is 4.79 Å². The third-order valence-corrected chi connectivity index (χ3v) is 11.6. The molecule has 4 aliphatic rings. The van der Waals surface area contributed by atoms with Gasteiger partial charge in [0.2, 0.25) is 0 Å². The molecule has 3 fully saturated rings. The lowest BCUT2D eigenvalue weighted by Crippen LogP contribution is -2.51. The zero-order chi connectivity index (χ0) is 24.7. The van der Waals surface area contributed by atoms with Crippen LogP contribution < -0.4 is 0 Å². The molecule has 0 amide bonds. The Labute approximate surface area is 215 Å². The molecule has 0 aromatic rings. The van der Waals surface area contributed by atoms with Crippen molar-refractivity contribution in [3.05, 3.63) is 11.6 Å². The number of rotatable bonds is 8. The summed E-state index contributed by atoms with van der Waals surface area (Å²) in [5, 5.41) is -0.503. The van der Waals surface area contributed by atoms with Gasteiger partial charge in [-0.15, -0.1) is 11.6 Å². The van der Waals surface area contributed by atoms with Crippen LogP contribution in [-0.4, -0.2) is 17.5 Å². The second-order valence-corrected chi connectivity index (χ2v) is 14.0. The molecule has 0 saturated heterocycles. The maximum Gasteiger partial charge on any atom is 0.324 e. The molecule has 0 bridgehead atoms. The van der Waals surface area contributed by atoms with E-state index in [-0.39, 0.29) is 12.1 Å². The van der Waals surface area contributed by atoms with E-state index in [0.717, 1.165) is 54.8 Å². The number of hydrogen-bond acceptors (Lipinski definition) is 2. The van der Waals surface area contributed by atoms with E-state index in [1.54, 1.807) is 5.57 Å². The summed E-state index contributed by atoms with van der Waals surface area (Å²) in [6, 6.07) is 0. The summed E-state index contributed by atoms with van der Waals surface area (Å²) < 4.78 is 5.83. The van der Waals surface area contributed by atoms with E-state index >= 15 is 0 Å². The SMILES string of the molecule is CC[C@H](Cl)C(=O)O[C@H]1CC[C@@]2(C)C(=CC[C@@H]3[C@H]4CC[C@@H]([C@@H](C)CCCC(C)C)[C@@]4(C)CC[C@H]32)C1. The number of ether oxygens (including phenoxy) is 1. The van der Waals surface area contributed by atoms with Gasteiger partial charge in [0, 0.05) is 6.42 Å². The van der Waals surface area contributed by atoms with Crippen molar-refractivity contribution in [2.24, 2.45) is 46.3 Å². The van der Waals surface area contributed by atoms with Gasteiger partial charge in [0.15, 0.2) is 0 Å². The van der Waals surface area contributed by atoms with Crippen molar-refractivity contribution in [3.8, 4) is 0 Å². The van der Waals surface area contributed by atoms with Crippen molar-refractivity contribution in [2.45, 2.75) is 130 Å². The standard InChI is InChI=1S/C31H51ClO2/c1-7-28(32)29(33)34-23-15-17-30(5)22(19-23)11-12-24-26-14-13-25(21(4)10-8-9-20(2)3)31(26,6)18-16-27(24)30/h11,20-21,23-28H,7-10,12-19H2,1-6H3/t21-,23-,24+,25-,26+,27+,28-,30-,31+/m0/s1. The fourth-order valence-corrected chi connectivity index (χ4v) is 9.21. The molecule has 0 aliphatic heterocycles. The molecule has 0 radical (unpaired) electrons. The van der Waals surface area contributed by atoms with Crippen molar-refractivity contribution in [2.75, 3.05) is 0 Å². The van der Waals surface area contributed by atoms with Crippen molar-refractivity contribution in [1.29, 1.82) is 0 Å². The van der Waals surface area contributed by atoms with E-state index < -0.39 is 5.38 Å². The molecule has 9 atom stereocenters. The summed E-state index contributed by atoms with van der Waals surface area (Å²) in [4.78, 5) is 12.3. The third kappa shape index (κ3) is 4.88. The van der Waals surface area contributed by atoms with Gasteiger partial charge in [-0.2, -0.15) is 0 Å². The van der Waals surface area contributed by atoms with Gasteiger partial charge in [0.25, 0.3) is 0 Å². The van der Waals surface area contributed by atoms with Gasteiger partial charge in [0.1, 0.15) is 11.5 Å². The first-order valence-electron chi connectivity index (χ1n) is 14.6. The molecule has 194 valence electrons. The molecule has 0 unspecified atom stereocenters. The zero-order valence-corrected chi connectivity index (χ0v) is 23.6. The highest BCUT2D eigenvalue weighted by Crippen LogP contribution is 2.67. The smallest absolute Gasteiger partial charge is 0.324 e. The lowest BCUT2D eigenvalue weighted by atomic mass is 9.47. The molecular weight excluding hydrogens is 440 g/mol. The minimum Gasteiger partial charge on any atom is -0.461 e. The molecule has 0 heterocycles. The molecule has 2 nitrogen and oxygen atoms in total. The van der Waals surface area contributed by atoms with Gasteiger partial charge >= 0.3 is 5.97 Å². The first-order valence-corrected chi connectivity index (χ1v) is 15.1. The number of alkyl halides is 1. The normalized spacial score (nSPS) is 41.2. The van der Waals surface area contributed by atoms with E-state index in [1.165, 1.54) is 51.4 Å². The fraction of sp³-hybridized carbons (Fsp3) is 0.903. The van der Waals surface area contributed by atoms with Gasteiger partial charge in [0.05, 0.1) is 0 Å². The Kier molecular flexibility index (Phi) is 8.18. The second-order valence-electron chi connectivity index (χ2n) is 13.5. The van der Waals surface area contributed by atoms with E-state index in [0.29, 0.717) is 17.3 Å². The van der Waals surface area contributed by atoms with E-state index in [1.807, 2.05) is 6.92 Å². The van der Waals surface area contributed by atoms with Crippen molar-refractivity contribution in [3.63, 3.8) is 0 Å². The van der Waals surface area contributed by atoms with Crippen LogP contribution in [-0.2, 0) is 9.53 Å². The van der Waals surface area contributed by atoms with E-state index in [2.05, 4.69) is 40.7 Å². The number of carbonyl (C=O) groups excluding carboxylic acids is 1. The summed E-state index contributed by atoms with van der Waals surface area (Å²) in [6.07, 6.45) is 17.5. The average Bonchev–Trinajstić information content (AvgIpc) is 3.15. The van der Waals surface area contributed by atoms with Crippen molar-refractivity contribution < 1.29 is 9.53 Å². The Morgan fingerprint density at radius 2 is 1.85 bits per heavy atom. The molecule has 4 rings (SSSR count). The zero-order valence-electron chi connectivity index (χ0n) is 22.9. The molecule has 0 aromatic carbocycles. The topological polar surface area (TPSA) is 26.3 Å². The van der Waals surface area contributed by atoms with Gasteiger partial charge in [-0.05, 0) is 97.7 Å². The molecule has 34 heavy (non-hydrogen) atoms. The lowest BCUT2D eigenvalue weighted by Gasteiger charge is -2.58. The van der Waals surface area contributed by atoms with Crippen LogP contribution in [0.3, 0.4) is 0 Å². The summed E-state index contributed by atoms with van der Waals surface area (Å²) >= 11 is 6.14. The fourth-order valence-electron chi connectivity index (χ4n) is 9.16. The molecular formula is C31H51ClO2. The maximum absolute atomic E-state index is 12.3. The van der Waals surface area contributed by atoms with Crippen LogP contribution in [0.5, 0.6) is 0 Å². The van der Waals surface area contributed by atoms with Crippen LogP contribution in [0, 0.1) is 46.3 Å². The van der Waals surface area contributed by atoms with Crippen LogP contribution in [0.1, 0.15) is 119 Å². The third-order valence-electron chi connectivity index (χ3n) is 11.2. The lowest BCUT2D eigenvalue weighted by molar-refractivity contribution is -0.151. The minimum absolute atomic E-state index is 0.0209. The van der Waals surface area contributed by atoms with Crippen molar-refractivity contribution >= 4 is 17.6 Å². The van der Waals surface area contributed by atoms with Gasteiger partial charge in [-0.3, -0.25) is 4.79 Å². The Hall–Kier alpha value is -0.500. The highest BCUT2D eigenvalue weighted by atomic mass is 35.5. The van der Waals surface area contributed by atoms with Gasteiger partial charge in [-0.1, -0.05) is 72.5 Å². The quantitative estimate of drug-likeness (QED) is 0.193. The number of carbonyl (C=O) groups is 1. The highest BCUT2D eigenvalue weighted by Gasteiger charge is 2.59. The van der Waals surface area contributed by atoms with Crippen LogP contribution in [0.4, 0.5) is 0 Å². The van der Waals surface area contributed by atoms with Crippen LogP contribution in [0.25, 0.3) is 0 Å². The first-order chi connectivity index (χ1) is 16.1. The summed E-state index contributed by atoms with van der Waals surface area (Å²) in [5.74, 6) is 4.96. The average molecular weight is 491 g/mol. The number of hydrogen-bond donors (Lipinski definition) is 0. The first kappa shape index (κ1) is 26.6. The molecule has 0 N–H and O–H groups in total. The Bertz CT molecular complexity index is 759. The summed E-state index contributed by atoms with van der Waals surface area (Å²) in [6.45, 7) is 14.5. The Balaban J connectivity index is 1.43. The predicted octanol–water partition coefficient (Wildman–Crippen LogP) is 8.96. The van der Waals surface area contributed by atoms with E-state index in [4.69, 9.17) is 16.3 Å². The van der Waals surface area contributed by atoms with Crippen LogP contribution in [0.15, 0.2) is 11.6 Å². The summed E-state index contributed by atoms with van der Waals surface area (Å²) in [5.41, 5.74) is 2.43. The minimum atomic E-state index is -0.503. The largest absolute Gasteiger partial charge is 0.461 e. The predicted molar refractivity (Wildman–Crippen MR) is 143 cm³/mol. The Morgan fingerprint density at radius 1 is 1.09 bits per heavy atom. The highest BCUT2D eigenvalue weighted by molar-refractivity contribution is 6.29. The van der Waals surface area contributed by atoms with Gasteiger partial charge < -0.3 is 4.74 Å². The molecule has 3 saturated carbocycles. The molecule has 3 heteroatoms. The molecule has 4 aliphatic carbocycles. The maximum atomic E-state index is 12.3. The number of allylic oxidation sites excluding steroid dienone is 1. The molecule has 0 spiro atoms. The number of fused-ring (bicyclic) bond motifs is 5. The number of esters is 1. The Morgan fingerprint density at radius 3 is 2.56 bits per heavy atom. The summed E-state index contributed by atoms with van der Waals surface area (Å²) in [7, 11) is 0. The second kappa shape index (κ2) is 10.5. The monoisotopic (exact) mass is 490 g/mol. The number of halogens is 1. The van der Waals surface area contributed by atoms with Crippen LogP contribution in [0.2, 0.25) is 0 Å². The van der Waals surface area contributed by atoms with Crippen LogP contribution >= 0.6 is 11.6 Å². The molecule has 0 aromatic heterocycles.